The molecule has 4 nitrogen and oxygen atoms in total. The molecule has 1 saturated heterocycles. The molecule has 0 radical (unpaired) electrons. The lowest BCUT2D eigenvalue weighted by Gasteiger charge is -2.38. The number of amides is 1. The molecule has 4 heteroatoms. The Balaban J connectivity index is 2.46. The van der Waals surface area contributed by atoms with Crippen molar-refractivity contribution in [1.82, 2.24) is 9.80 Å². The van der Waals surface area contributed by atoms with Gasteiger partial charge in [-0.25, -0.2) is 0 Å². The normalized spacial score (nSPS) is 19.4. The Morgan fingerprint density at radius 2 is 1.88 bits per heavy atom. The van der Waals surface area contributed by atoms with E-state index in [9.17, 15) is 4.79 Å². The molecule has 0 spiro atoms. The van der Waals surface area contributed by atoms with E-state index in [4.69, 9.17) is 5.73 Å². The second-order valence-electron chi connectivity index (χ2n) is 5.97. The highest BCUT2D eigenvalue weighted by molar-refractivity contribution is 5.79. The molecule has 0 aromatic carbocycles. The highest BCUT2D eigenvalue weighted by Gasteiger charge is 2.31. The summed E-state index contributed by atoms with van der Waals surface area (Å²) in [5.74, 6) is 0.498. The first kappa shape index (κ1) is 14.5. The first-order chi connectivity index (χ1) is 7.86. The van der Waals surface area contributed by atoms with Gasteiger partial charge < -0.3 is 15.5 Å². The molecule has 1 aliphatic heterocycles. The summed E-state index contributed by atoms with van der Waals surface area (Å²) in [7, 11) is 1.91. The van der Waals surface area contributed by atoms with Gasteiger partial charge in [0, 0.05) is 31.6 Å². The fourth-order valence-electron chi connectivity index (χ4n) is 2.19. The molecule has 0 saturated carbocycles. The van der Waals surface area contributed by atoms with E-state index in [1.165, 1.54) is 0 Å². The molecule has 1 fully saturated rings. The number of hydrogen-bond donors (Lipinski definition) is 1. The third-order valence-electron chi connectivity index (χ3n) is 3.72. The Kier molecular flexibility index (Phi) is 4.95. The van der Waals surface area contributed by atoms with Gasteiger partial charge in [-0.3, -0.25) is 4.79 Å². The van der Waals surface area contributed by atoms with Crippen LogP contribution in [0, 0.1) is 5.92 Å². The predicted octanol–water partition coefficient (Wildman–Crippen LogP) is 0.914. The van der Waals surface area contributed by atoms with E-state index in [1.807, 2.05) is 11.9 Å². The minimum atomic E-state index is -0.0779. The number of rotatable bonds is 3. The van der Waals surface area contributed by atoms with E-state index in [2.05, 4.69) is 25.7 Å². The van der Waals surface area contributed by atoms with Crippen molar-refractivity contribution in [2.24, 2.45) is 11.7 Å². The summed E-state index contributed by atoms with van der Waals surface area (Å²) in [6.07, 6.45) is 1.94. The molecule has 2 N–H and O–H groups in total. The Labute approximate surface area is 105 Å². The van der Waals surface area contributed by atoms with Gasteiger partial charge in [0.05, 0.1) is 0 Å². The molecule has 0 aromatic rings. The predicted molar refractivity (Wildman–Crippen MR) is 70.7 cm³/mol. The van der Waals surface area contributed by atoms with Gasteiger partial charge >= 0.3 is 0 Å². The Morgan fingerprint density at radius 1 is 1.35 bits per heavy atom. The monoisotopic (exact) mass is 241 g/mol. The van der Waals surface area contributed by atoms with Crippen molar-refractivity contribution in [2.75, 3.05) is 33.2 Å². The average Bonchev–Trinajstić information content (AvgIpc) is 2.27. The molecule has 1 amide bonds. The summed E-state index contributed by atoms with van der Waals surface area (Å²) in [6, 6.07) is 0. The average molecular weight is 241 g/mol. The van der Waals surface area contributed by atoms with E-state index in [1.54, 1.807) is 0 Å². The molecule has 17 heavy (non-hydrogen) atoms. The summed E-state index contributed by atoms with van der Waals surface area (Å²) in [5, 5.41) is 0. The lowest BCUT2D eigenvalue weighted by molar-refractivity contribution is -0.140. The van der Waals surface area contributed by atoms with Gasteiger partial charge in [0.2, 0.25) is 5.91 Å². The van der Waals surface area contributed by atoms with Crippen LogP contribution in [0.1, 0.15) is 33.6 Å². The van der Waals surface area contributed by atoms with Crippen LogP contribution in [-0.4, -0.2) is 54.5 Å². The van der Waals surface area contributed by atoms with Crippen molar-refractivity contribution < 1.29 is 4.79 Å². The Bertz CT molecular complexity index is 252. The molecule has 0 unspecified atom stereocenters. The van der Waals surface area contributed by atoms with Gasteiger partial charge in [0.1, 0.15) is 0 Å². The summed E-state index contributed by atoms with van der Waals surface area (Å²) >= 11 is 0. The van der Waals surface area contributed by atoms with Crippen LogP contribution in [0.25, 0.3) is 0 Å². The van der Waals surface area contributed by atoms with E-state index < -0.39 is 0 Å². The van der Waals surface area contributed by atoms with Crippen molar-refractivity contribution in [3.63, 3.8) is 0 Å². The van der Waals surface area contributed by atoms with E-state index in [-0.39, 0.29) is 11.5 Å². The quantitative estimate of drug-likeness (QED) is 0.799. The number of piperidine rings is 1. The maximum Gasteiger partial charge on any atom is 0.225 e. The third kappa shape index (κ3) is 3.96. The number of nitrogens with two attached hydrogens (primary N) is 1. The molecule has 1 rings (SSSR count). The molecular formula is C13H27N3O. The second-order valence-corrected chi connectivity index (χ2v) is 5.97. The summed E-state index contributed by atoms with van der Waals surface area (Å²) in [4.78, 5) is 16.5. The minimum Gasteiger partial charge on any atom is -0.341 e. The zero-order valence-corrected chi connectivity index (χ0v) is 11.7. The maximum absolute atomic E-state index is 12.3. The summed E-state index contributed by atoms with van der Waals surface area (Å²) < 4.78 is 0. The number of hydrogen-bond acceptors (Lipinski definition) is 3. The van der Waals surface area contributed by atoms with Crippen molar-refractivity contribution in [3.8, 4) is 0 Å². The molecule has 0 bridgehead atoms. The lowest BCUT2D eigenvalue weighted by Crippen LogP contribution is -2.48. The first-order valence-electron chi connectivity index (χ1n) is 6.56. The van der Waals surface area contributed by atoms with Crippen LogP contribution < -0.4 is 5.73 Å². The van der Waals surface area contributed by atoms with Gasteiger partial charge in [0.15, 0.2) is 0 Å². The van der Waals surface area contributed by atoms with Crippen molar-refractivity contribution in [2.45, 2.75) is 39.2 Å². The van der Waals surface area contributed by atoms with Gasteiger partial charge in [0.25, 0.3) is 0 Å². The lowest BCUT2D eigenvalue weighted by atomic mass is 9.93. The van der Waals surface area contributed by atoms with Gasteiger partial charge in [-0.15, -0.1) is 0 Å². The zero-order valence-electron chi connectivity index (χ0n) is 11.7. The standard InChI is InChI=1S/C13H27N3O/c1-13(2,3)15(4)12(17)11-5-8-16(9-6-11)10-7-14/h11H,5-10,14H2,1-4H3. The topological polar surface area (TPSA) is 49.6 Å². The van der Waals surface area contributed by atoms with Crippen LogP contribution in [0.3, 0.4) is 0 Å². The molecule has 100 valence electrons. The zero-order chi connectivity index (χ0) is 13.1. The van der Waals surface area contributed by atoms with Crippen LogP contribution in [-0.2, 0) is 4.79 Å². The van der Waals surface area contributed by atoms with Crippen LogP contribution in [0.15, 0.2) is 0 Å². The van der Waals surface area contributed by atoms with E-state index >= 15 is 0 Å². The smallest absolute Gasteiger partial charge is 0.225 e. The van der Waals surface area contributed by atoms with Crippen molar-refractivity contribution >= 4 is 5.91 Å². The Hall–Kier alpha value is -0.610. The third-order valence-corrected chi connectivity index (χ3v) is 3.72. The maximum atomic E-state index is 12.3. The molecule has 0 aliphatic carbocycles. The minimum absolute atomic E-state index is 0.0779. The summed E-state index contributed by atoms with van der Waals surface area (Å²) in [5.41, 5.74) is 5.46. The van der Waals surface area contributed by atoms with E-state index in [0.717, 1.165) is 32.5 Å². The molecule has 1 aliphatic rings. The largest absolute Gasteiger partial charge is 0.341 e. The SMILES string of the molecule is CN(C(=O)C1CCN(CCN)CC1)C(C)(C)C. The fourth-order valence-corrected chi connectivity index (χ4v) is 2.19. The molecular weight excluding hydrogens is 214 g/mol. The number of carbonyl (C=O) groups excluding carboxylic acids is 1. The summed E-state index contributed by atoms with van der Waals surface area (Å²) in [6.45, 7) is 9.91. The number of nitrogens with zero attached hydrogens (tertiary/aromatic N) is 2. The highest BCUT2D eigenvalue weighted by Crippen LogP contribution is 2.22. The van der Waals surface area contributed by atoms with Crippen LogP contribution >= 0.6 is 0 Å². The second kappa shape index (κ2) is 5.83. The molecule has 0 atom stereocenters. The van der Waals surface area contributed by atoms with Crippen molar-refractivity contribution in [1.29, 1.82) is 0 Å². The van der Waals surface area contributed by atoms with Gasteiger partial charge in [-0.05, 0) is 46.7 Å². The van der Waals surface area contributed by atoms with E-state index in [0.29, 0.717) is 12.5 Å². The first-order valence-corrected chi connectivity index (χ1v) is 6.56. The highest BCUT2D eigenvalue weighted by atomic mass is 16.2. The molecule has 0 aromatic heterocycles. The van der Waals surface area contributed by atoms with Crippen LogP contribution in [0.2, 0.25) is 0 Å². The molecule has 1 heterocycles. The van der Waals surface area contributed by atoms with Gasteiger partial charge in [-0.1, -0.05) is 0 Å². The fraction of sp³-hybridized carbons (Fsp3) is 0.923. The van der Waals surface area contributed by atoms with Crippen LogP contribution in [0.4, 0.5) is 0 Å². The Morgan fingerprint density at radius 3 is 2.29 bits per heavy atom. The van der Waals surface area contributed by atoms with Crippen LogP contribution in [0.5, 0.6) is 0 Å². The van der Waals surface area contributed by atoms with Gasteiger partial charge in [-0.2, -0.15) is 0 Å². The number of likely N-dealkylation sites (tertiary alicyclic amines) is 1. The number of carbonyl (C=O) groups is 1. The van der Waals surface area contributed by atoms with Crippen molar-refractivity contribution in [3.05, 3.63) is 0 Å².